The van der Waals surface area contributed by atoms with Crippen molar-refractivity contribution in [2.75, 3.05) is 0 Å². The molecule has 0 bridgehead atoms. The van der Waals surface area contributed by atoms with Gasteiger partial charge in [0.15, 0.2) is 6.10 Å². The van der Waals surface area contributed by atoms with Gasteiger partial charge in [0, 0.05) is 12.5 Å². The summed E-state index contributed by atoms with van der Waals surface area (Å²) in [5.74, 6) is -0.0277. The van der Waals surface area contributed by atoms with Gasteiger partial charge in [-0.1, -0.05) is 30.3 Å². The van der Waals surface area contributed by atoms with Gasteiger partial charge in [0.1, 0.15) is 11.9 Å². The van der Waals surface area contributed by atoms with Gasteiger partial charge in [-0.25, -0.2) is 0 Å². The molecule has 0 radical (unpaired) electrons. The van der Waals surface area contributed by atoms with Crippen LogP contribution in [-0.2, 0) is 4.79 Å². The van der Waals surface area contributed by atoms with E-state index in [0.29, 0.717) is 17.7 Å². The minimum absolute atomic E-state index is 0.295. The van der Waals surface area contributed by atoms with Crippen LogP contribution < -0.4 is 5.32 Å². The van der Waals surface area contributed by atoms with Crippen molar-refractivity contribution in [2.45, 2.75) is 31.6 Å². The van der Waals surface area contributed by atoms with Crippen LogP contribution in [0.3, 0.4) is 0 Å². The van der Waals surface area contributed by atoms with Crippen molar-refractivity contribution in [3.63, 3.8) is 0 Å². The number of carbonyl (C=O) groups is 1. The second-order valence-electron chi connectivity index (χ2n) is 4.99. The number of nitrogens with one attached hydrogen (secondary N) is 1. The maximum atomic E-state index is 12.0. The third-order valence-electron chi connectivity index (χ3n) is 3.20. The van der Waals surface area contributed by atoms with E-state index in [0.717, 1.165) is 0 Å². The zero-order chi connectivity index (χ0) is 15.2. The monoisotopic (exact) mass is 289 g/mol. The van der Waals surface area contributed by atoms with Crippen molar-refractivity contribution in [1.82, 2.24) is 5.32 Å². The number of rotatable bonds is 6. The molecule has 0 aliphatic heterocycles. The number of hydrogen-bond acceptors (Lipinski definition) is 4. The van der Waals surface area contributed by atoms with Crippen molar-refractivity contribution < 1.29 is 19.4 Å². The fourth-order valence-electron chi connectivity index (χ4n) is 2.10. The van der Waals surface area contributed by atoms with E-state index in [2.05, 4.69) is 5.32 Å². The summed E-state index contributed by atoms with van der Waals surface area (Å²) in [7, 11) is 0. The molecule has 1 heterocycles. The van der Waals surface area contributed by atoms with Gasteiger partial charge in [-0.3, -0.25) is 4.79 Å². The van der Waals surface area contributed by atoms with Gasteiger partial charge in [-0.2, -0.15) is 0 Å². The minimum atomic E-state index is -1.21. The van der Waals surface area contributed by atoms with Crippen LogP contribution in [-0.4, -0.2) is 22.2 Å². The van der Waals surface area contributed by atoms with E-state index in [1.807, 2.05) is 6.07 Å². The summed E-state index contributed by atoms with van der Waals surface area (Å²) in [5.41, 5.74) is 0.536. The molecule has 0 unspecified atom stereocenters. The number of carbonyl (C=O) groups excluding carboxylic acids is 1. The number of benzene rings is 1. The van der Waals surface area contributed by atoms with Crippen LogP contribution in [0.25, 0.3) is 0 Å². The first-order chi connectivity index (χ1) is 10.1. The Morgan fingerprint density at radius 3 is 2.52 bits per heavy atom. The predicted octanol–water partition coefficient (Wildman–Crippen LogP) is 1.94. The molecule has 0 aliphatic carbocycles. The van der Waals surface area contributed by atoms with Crippen LogP contribution in [0, 0.1) is 0 Å². The fraction of sp³-hybridized carbons (Fsp3) is 0.312. The molecular formula is C16H19NO4. The van der Waals surface area contributed by atoms with Crippen molar-refractivity contribution in [1.29, 1.82) is 0 Å². The summed E-state index contributed by atoms with van der Waals surface area (Å²) in [4.78, 5) is 12.0. The number of amides is 1. The Hall–Kier alpha value is -2.11. The smallest absolute Gasteiger partial charge is 0.253 e. The third kappa shape index (κ3) is 4.18. The second-order valence-corrected chi connectivity index (χ2v) is 4.99. The Bertz CT molecular complexity index is 553. The topological polar surface area (TPSA) is 82.7 Å². The van der Waals surface area contributed by atoms with Gasteiger partial charge in [0.05, 0.1) is 6.26 Å². The highest BCUT2D eigenvalue weighted by molar-refractivity contribution is 5.82. The average Bonchev–Trinajstić information content (AvgIpc) is 3.01. The van der Waals surface area contributed by atoms with Gasteiger partial charge < -0.3 is 19.9 Å². The second kappa shape index (κ2) is 7.06. The Balaban J connectivity index is 1.87. The number of hydrogen-bond donors (Lipinski definition) is 3. The lowest BCUT2D eigenvalue weighted by atomic mass is 10.1. The molecule has 1 aromatic carbocycles. The normalized spacial score (nSPS) is 15.2. The van der Waals surface area contributed by atoms with Gasteiger partial charge in [-0.15, -0.1) is 0 Å². The zero-order valence-corrected chi connectivity index (χ0v) is 11.8. The molecule has 2 aromatic rings. The lowest BCUT2D eigenvalue weighted by Crippen LogP contribution is -2.37. The quantitative estimate of drug-likeness (QED) is 0.759. The van der Waals surface area contributed by atoms with Crippen LogP contribution in [0.15, 0.2) is 53.1 Å². The first-order valence-corrected chi connectivity index (χ1v) is 6.82. The van der Waals surface area contributed by atoms with Crippen molar-refractivity contribution in [3.05, 3.63) is 60.1 Å². The number of aliphatic hydroxyl groups excluding tert-OH is 2. The molecule has 0 spiro atoms. The molecule has 0 aliphatic rings. The largest absolute Gasteiger partial charge is 0.467 e. The molecule has 3 atom stereocenters. The first kappa shape index (κ1) is 15.3. The van der Waals surface area contributed by atoms with E-state index in [-0.39, 0.29) is 6.04 Å². The van der Waals surface area contributed by atoms with Crippen molar-refractivity contribution in [3.8, 4) is 0 Å². The van der Waals surface area contributed by atoms with Gasteiger partial charge in [-0.05, 0) is 24.6 Å². The molecular weight excluding hydrogens is 270 g/mol. The summed E-state index contributed by atoms with van der Waals surface area (Å²) in [5, 5.41) is 22.6. The summed E-state index contributed by atoms with van der Waals surface area (Å²) in [6.45, 7) is 1.77. The third-order valence-corrected chi connectivity index (χ3v) is 3.20. The fourth-order valence-corrected chi connectivity index (χ4v) is 2.10. The van der Waals surface area contributed by atoms with E-state index in [1.54, 1.807) is 43.3 Å². The lowest BCUT2D eigenvalue weighted by molar-refractivity contribution is -0.130. The van der Waals surface area contributed by atoms with Crippen LogP contribution in [0.5, 0.6) is 0 Å². The Labute approximate surface area is 123 Å². The summed E-state index contributed by atoms with van der Waals surface area (Å²) >= 11 is 0. The van der Waals surface area contributed by atoms with Crippen LogP contribution >= 0.6 is 0 Å². The zero-order valence-electron chi connectivity index (χ0n) is 11.8. The molecule has 5 nitrogen and oxygen atoms in total. The molecule has 0 fully saturated rings. The highest BCUT2D eigenvalue weighted by Gasteiger charge is 2.21. The highest BCUT2D eigenvalue weighted by Crippen LogP contribution is 2.19. The van der Waals surface area contributed by atoms with E-state index in [9.17, 15) is 15.0 Å². The molecule has 1 aromatic heterocycles. The number of furan rings is 1. The van der Waals surface area contributed by atoms with Crippen LogP contribution in [0.4, 0.5) is 0 Å². The van der Waals surface area contributed by atoms with Gasteiger partial charge >= 0.3 is 0 Å². The summed E-state index contributed by atoms with van der Waals surface area (Å²) in [6.07, 6.45) is -0.208. The van der Waals surface area contributed by atoms with E-state index < -0.39 is 18.1 Å². The predicted molar refractivity (Wildman–Crippen MR) is 77.3 cm³/mol. The highest BCUT2D eigenvalue weighted by atomic mass is 16.4. The average molecular weight is 289 g/mol. The molecule has 0 saturated heterocycles. The Morgan fingerprint density at radius 2 is 1.90 bits per heavy atom. The molecule has 21 heavy (non-hydrogen) atoms. The maximum absolute atomic E-state index is 12.0. The summed E-state index contributed by atoms with van der Waals surface area (Å²) in [6, 6.07) is 11.8. The molecule has 2 rings (SSSR count). The first-order valence-electron chi connectivity index (χ1n) is 6.82. The van der Waals surface area contributed by atoms with Crippen molar-refractivity contribution >= 4 is 5.91 Å². The van der Waals surface area contributed by atoms with Crippen molar-refractivity contribution in [2.24, 2.45) is 0 Å². The standard InChI is InChI=1S/C16H19NO4/c1-11(10-13(18)14-8-5-9-21-14)17-16(20)15(19)12-6-3-2-4-7-12/h2-9,11,13,15,18-19H,10H2,1H3,(H,17,20)/t11-,13-,15+/m1/s1. The van der Waals surface area contributed by atoms with E-state index in [4.69, 9.17) is 4.42 Å². The minimum Gasteiger partial charge on any atom is -0.467 e. The molecule has 3 N–H and O–H groups in total. The van der Waals surface area contributed by atoms with Crippen LogP contribution in [0.2, 0.25) is 0 Å². The van der Waals surface area contributed by atoms with Gasteiger partial charge in [0.2, 0.25) is 0 Å². The van der Waals surface area contributed by atoms with Crippen LogP contribution in [0.1, 0.15) is 36.9 Å². The lowest BCUT2D eigenvalue weighted by Gasteiger charge is -2.19. The van der Waals surface area contributed by atoms with E-state index >= 15 is 0 Å². The molecule has 1 amide bonds. The van der Waals surface area contributed by atoms with E-state index in [1.165, 1.54) is 6.26 Å². The number of aliphatic hydroxyl groups is 2. The summed E-state index contributed by atoms with van der Waals surface area (Å²) < 4.78 is 5.11. The Kier molecular flexibility index (Phi) is 5.14. The molecule has 5 heteroatoms. The maximum Gasteiger partial charge on any atom is 0.253 e. The Morgan fingerprint density at radius 1 is 1.19 bits per heavy atom. The SMILES string of the molecule is C[C@H](C[C@@H](O)c1ccco1)NC(=O)[C@@H](O)c1ccccc1. The van der Waals surface area contributed by atoms with Gasteiger partial charge in [0.25, 0.3) is 5.91 Å². The molecule has 0 saturated carbocycles. The molecule has 112 valence electrons.